The van der Waals surface area contributed by atoms with Crippen LogP contribution in [0, 0.1) is 0 Å². The topological polar surface area (TPSA) is 83.5 Å². The lowest BCUT2D eigenvalue weighted by Crippen LogP contribution is -2.30. The zero-order valence-corrected chi connectivity index (χ0v) is 13.0. The highest BCUT2D eigenvalue weighted by atomic mass is 35.5. The molecule has 0 saturated heterocycles. The third-order valence-electron chi connectivity index (χ3n) is 3.00. The van der Waals surface area contributed by atoms with Gasteiger partial charge in [0.2, 0.25) is 10.0 Å². The summed E-state index contributed by atoms with van der Waals surface area (Å²) in [6.45, 7) is 0. The maximum atomic E-state index is 12.4. The molecule has 0 radical (unpaired) electrons. The highest BCUT2D eigenvalue weighted by Gasteiger charge is 2.23. The lowest BCUT2D eigenvalue weighted by Gasteiger charge is -2.17. The van der Waals surface area contributed by atoms with Crippen molar-refractivity contribution in [3.63, 3.8) is 0 Å². The van der Waals surface area contributed by atoms with Crippen molar-refractivity contribution in [1.82, 2.24) is 4.72 Å². The zero-order valence-electron chi connectivity index (χ0n) is 11.4. The molecule has 0 saturated carbocycles. The number of halogens is 1. The quantitative estimate of drug-likeness (QED) is 0.847. The molecule has 0 aliphatic carbocycles. The van der Waals surface area contributed by atoms with Gasteiger partial charge in [0.05, 0.1) is 17.4 Å². The summed E-state index contributed by atoms with van der Waals surface area (Å²) in [4.78, 5) is 11.0. The fourth-order valence-electron chi connectivity index (χ4n) is 1.96. The fourth-order valence-corrected chi connectivity index (χ4v) is 3.31. The number of carbonyl (C=O) groups is 1. The number of sulfonamides is 1. The highest BCUT2D eigenvalue weighted by molar-refractivity contribution is 7.89. The molecule has 0 aliphatic heterocycles. The molecule has 0 aliphatic rings. The number of rotatable bonds is 6. The molecule has 0 amide bonds. The first-order chi connectivity index (χ1) is 10.4. The van der Waals surface area contributed by atoms with Crippen LogP contribution < -0.4 is 4.72 Å². The number of carboxylic acid groups (broad SMARTS) is 1. The Bertz CT molecular complexity index is 745. The Balaban J connectivity index is 2.30. The van der Waals surface area contributed by atoms with Gasteiger partial charge >= 0.3 is 5.97 Å². The van der Waals surface area contributed by atoms with E-state index in [0.717, 1.165) is 0 Å². The van der Waals surface area contributed by atoms with Crippen molar-refractivity contribution in [2.75, 3.05) is 0 Å². The van der Waals surface area contributed by atoms with E-state index in [1.807, 2.05) is 0 Å². The van der Waals surface area contributed by atoms with E-state index in [1.54, 1.807) is 30.3 Å². The fraction of sp³-hybridized carbons (Fsp3) is 0.133. The van der Waals surface area contributed by atoms with Gasteiger partial charge in [-0.3, -0.25) is 4.79 Å². The lowest BCUT2D eigenvalue weighted by molar-refractivity contribution is -0.137. The van der Waals surface area contributed by atoms with Crippen LogP contribution in [-0.2, 0) is 14.8 Å². The molecule has 0 heterocycles. The SMILES string of the molecule is O=C(O)CC(NS(=O)(=O)c1ccc(Cl)cc1)c1ccccc1. The van der Waals surface area contributed by atoms with Crippen molar-refractivity contribution in [2.24, 2.45) is 0 Å². The van der Waals surface area contributed by atoms with Gasteiger partial charge in [-0.2, -0.15) is 0 Å². The number of hydrogen-bond acceptors (Lipinski definition) is 3. The van der Waals surface area contributed by atoms with E-state index in [9.17, 15) is 13.2 Å². The van der Waals surface area contributed by atoms with E-state index in [0.29, 0.717) is 10.6 Å². The van der Waals surface area contributed by atoms with Crippen LogP contribution >= 0.6 is 11.6 Å². The molecule has 2 N–H and O–H groups in total. The zero-order chi connectivity index (χ0) is 16.2. The predicted octanol–water partition coefficient (Wildman–Crippen LogP) is 2.83. The molecule has 2 aromatic carbocycles. The Morgan fingerprint density at radius 3 is 2.23 bits per heavy atom. The van der Waals surface area contributed by atoms with Crippen LogP contribution in [0.5, 0.6) is 0 Å². The van der Waals surface area contributed by atoms with Crippen LogP contribution in [0.4, 0.5) is 0 Å². The van der Waals surface area contributed by atoms with Gasteiger partial charge in [-0.25, -0.2) is 13.1 Å². The molecular weight excluding hydrogens is 326 g/mol. The Morgan fingerprint density at radius 1 is 1.09 bits per heavy atom. The first kappa shape index (κ1) is 16.5. The van der Waals surface area contributed by atoms with Gasteiger partial charge in [-0.15, -0.1) is 0 Å². The van der Waals surface area contributed by atoms with Crippen molar-refractivity contribution in [3.05, 3.63) is 65.2 Å². The van der Waals surface area contributed by atoms with E-state index >= 15 is 0 Å². The van der Waals surface area contributed by atoms with Crippen molar-refractivity contribution in [1.29, 1.82) is 0 Å². The van der Waals surface area contributed by atoms with Gasteiger partial charge in [0.25, 0.3) is 0 Å². The minimum absolute atomic E-state index is 0.0308. The molecule has 5 nitrogen and oxygen atoms in total. The molecule has 7 heteroatoms. The van der Waals surface area contributed by atoms with E-state index in [4.69, 9.17) is 16.7 Å². The van der Waals surface area contributed by atoms with Crippen molar-refractivity contribution in [2.45, 2.75) is 17.4 Å². The second kappa shape index (κ2) is 6.91. The summed E-state index contributed by atoms with van der Waals surface area (Å²) >= 11 is 5.74. The van der Waals surface area contributed by atoms with Gasteiger partial charge in [-0.1, -0.05) is 41.9 Å². The largest absolute Gasteiger partial charge is 0.481 e. The second-order valence-corrected chi connectivity index (χ2v) is 6.79. The first-order valence-electron chi connectivity index (χ1n) is 6.43. The molecule has 0 bridgehead atoms. The molecule has 22 heavy (non-hydrogen) atoms. The van der Waals surface area contributed by atoms with Crippen LogP contribution in [0.3, 0.4) is 0 Å². The van der Waals surface area contributed by atoms with Crippen LogP contribution in [0.25, 0.3) is 0 Å². The van der Waals surface area contributed by atoms with Crippen molar-refractivity contribution < 1.29 is 18.3 Å². The van der Waals surface area contributed by atoms with Gasteiger partial charge in [0, 0.05) is 5.02 Å². The van der Waals surface area contributed by atoms with Crippen LogP contribution in [0.15, 0.2) is 59.5 Å². The summed E-state index contributed by atoms with van der Waals surface area (Å²) in [7, 11) is -3.84. The highest BCUT2D eigenvalue weighted by Crippen LogP contribution is 2.21. The maximum absolute atomic E-state index is 12.4. The monoisotopic (exact) mass is 339 g/mol. The Hall–Kier alpha value is -1.89. The predicted molar refractivity (Wildman–Crippen MR) is 83.2 cm³/mol. The molecule has 0 aromatic heterocycles. The number of nitrogens with one attached hydrogen (secondary N) is 1. The van der Waals surface area contributed by atoms with Gasteiger partial charge in [-0.05, 0) is 29.8 Å². The molecular formula is C15H14ClNO4S. The van der Waals surface area contributed by atoms with E-state index in [-0.39, 0.29) is 11.3 Å². The average Bonchev–Trinajstić information content (AvgIpc) is 2.47. The molecule has 116 valence electrons. The summed E-state index contributed by atoms with van der Waals surface area (Å²) in [6.07, 6.45) is -0.350. The molecule has 0 fully saturated rings. The summed E-state index contributed by atoms with van der Waals surface area (Å²) in [6, 6.07) is 13.4. The van der Waals surface area contributed by atoms with Crippen molar-refractivity contribution in [3.8, 4) is 0 Å². The Kier molecular flexibility index (Phi) is 5.18. The minimum atomic E-state index is -3.84. The van der Waals surface area contributed by atoms with Gasteiger partial charge in [0.1, 0.15) is 0 Å². The minimum Gasteiger partial charge on any atom is -0.481 e. The molecule has 0 spiro atoms. The number of hydrogen-bond donors (Lipinski definition) is 2. The van der Waals surface area contributed by atoms with E-state index in [2.05, 4.69) is 4.72 Å². The maximum Gasteiger partial charge on any atom is 0.305 e. The number of carboxylic acids is 1. The molecule has 2 rings (SSSR count). The molecule has 2 aromatic rings. The van der Waals surface area contributed by atoms with Gasteiger partial charge in [0.15, 0.2) is 0 Å². The van der Waals surface area contributed by atoms with Crippen molar-refractivity contribution >= 4 is 27.6 Å². The summed E-state index contributed by atoms with van der Waals surface area (Å²) in [5.41, 5.74) is 0.586. The van der Waals surface area contributed by atoms with E-state index in [1.165, 1.54) is 24.3 Å². The van der Waals surface area contributed by atoms with E-state index < -0.39 is 22.0 Å². The first-order valence-corrected chi connectivity index (χ1v) is 8.29. The number of benzene rings is 2. The normalized spacial score (nSPS) is 12.8. The average molecular weight is 340 g/mol. The smallest absolute Gasteiger partial charge is 0.305 e. The summed E-state index contributed by atoms with van der Waals surface area (Å²) < 4.78 is 27.1. The lowest BCUT2D eigenvalue weighted by atomic mass is 10.1. The van der Waals surface area contributed by atoms with Crippen LogP contribution in [-0.4, -0.2) is 19.5 Å². The van der Waals surface area contributed by atoms with Crippen LogP contribution in [0.2, 0.25) is 5.02 Å². The number of aliphatic carboxylic acids is 1. The molecule has 1 atom stereocenters. The second-order valence-electron chi connectivity index (χ2n) is 4.64. The van der Waals surface area contributed by atoms with Gasteiger partial charge < -0.3 is 5.11 Å². The third-order valence-corrected chi connectivity index (χ3v) is 4.74. The summed E-state index contributed by atoms with van der Waals surface area (Å²) in [5, 5.41) is 9.42. The van der Waals surface area contributed by atoms with Crippen LogP contribution in [0.1, 0.15) is 18.0 Å². The Morgan fingerprint density at radius 2 is 1.68 bits per heavy atom. The summed E-state index contributed by atoms with van der Waals surface area (Å²) in [5.74, 6) is -1.09. The standard InChI is InChI=1S/C15H14ClNO4S/c16-12-6-8-13(9-7-12)22(20,21)17-14(10-15(18)19)11-4-2-1-3-5-11/h1-9,14,17H,10H2,(H,18,19). The third kappa shape index (κ3) is 4.30. The Labute approximate surface area is 133 Å². The molecule has 1 unspecified atom stereocenters.